The van der Waals surface area contributed by atoms with E-state index in [-0.39, 0.29) is 5.91 Å². The van der Waals surface area contributed by atoms with E-state index in [2.05, 4.69) is 4.90 Å². The van der Waals surface area contributed by atoms with Gasteiger partial charge < -0.3 is 4.74 Å². The van der Waals surface area contributed by atoms with Crippen molar-refractivity contribution < 1.29 is 9.53 Å². The Morgan fingerprint density at radius 2 is 2.07 bits per heavy atom. The van der Waals surface area contributed by atoms with Gasteiger partial charge in [-0.2, -0.15) is 0 Å². The Morgan fingerprint density at radius 3 is 2.83 bits per heavy atom. The summed E-state index contributed by atoms with van der Waals surface area (Å²) in [6, 6.07) is 13.5. The highest BCUT2D eigenvalue weighted by Crippen LogP contribution is 2.33. The van der Waals surface area contributed by atoms with E-state index in [1.165, 1.54) is 11.3 Å². The second-order valence-electron chi connectivity index (χ2n) is 7.08. The van der Waals surface area contributed by atoms with Crippen LogP contribution in [0.25, 0.3) is 10.2 Å². The Morgan fingerprint density at radius 1 is 1.27 bits per heavy atom. The van der Waals surface area contributed by atoms with Gasteiger partial charge in [-0.15, -0.1) is 11.8 Å². The SMILES string of the molecule is CSc1cccc(C(=O)N(CCCN2CCOCC2)c2nc3c(Cl)cccc3s2)c1. The Kier molecular flexibility index (Phi) is 7.28. The smallest absolute Gasteiger partial charge is 0.260 e. The van der Waals surface area contributed by atoms with Crippen molar-refractivity contribution in [3.8, 4) is 0 Å². The van der Waals surface area contributed by atoms with Gasteiger partial charge in [0.15, 0.2) is 5.13 Å². The molecule has 4 rings (SSSR count). The fourth-order valence-electron chi connectivity index (χ4n) is 3.49. The van der Waals surface area contributed by atoms with Crippen molar-refractivity contribution >= 4 is 56.0 Å². The van der Waals surface area contributed by atoms with E-state index in [9.17, 15) is 4.79 Å². The lowest BCUT2D eigenvalue weighted by molar-refractivity contribution is 0.0376. The van der Waals surface area contributed by atoms with Crippen LogP contribution in [-0.4, -0.2) is 61.4 Å². The standard InChI is InChI=1S/C22H24ClN3O2S2/c1-29-17-6-2-5-16(15-17)21(27)26(10-4-9-25-11-13-28-14-12-25)22-24-20-18(23)7-3-8-19(20)30-22/h2-3,5-8,15H,4,9-14H2,1H3. The molecule has 0 unspecified atom stereocenters. The zero-order valence-electron chi connectivity index (χ0n) is 16.8. The van der Waals surface area contributed by atoms with E-state index in [1.54, 1.807) is 16.7 Å². The Bertz CT molecular complexity index is 1020. The number of thioether (sulfide) groups is 1. The van der Waals surface area contributed by atoms with Gasteiger partial charge >= 0.3 is 0 Å². The number of halogens is 1. The van der Waals surface area contributed by atoms with Gasteiger partial charge in [0.05, 0.1) is 22.9 Å². The number of rotatable bonds is 7. The van der Waals surface area contributed by atoms with Gasteiger partial charge in [0.1, 0.15) is 5.52 Å². The maximum Gasteiger partial charge on any atom is 0.260 e. The van der Waals surface area contributed by atoms with Crippen LogP contribution in [0.4, 0.5) is 5.13 Å². The molecular weight excluding hydrogens is 438 g/mol. The first-order valence-electron chi connectivity index (χ1n) is 9.97. The van der Waals surface area contributed by atoms with Gasteiger partial charge in [0.25, 0.3) is 5.91 Å². The predicted octanol–water partition coefficient (Wildman–Crippen LogP) is 5.04. The number of anilines is 1. The third-order valence-electron chi connectivity index (χ3n) is 5.11. The van der Waals surface area contributed by atoms with E-state index < -0.39 is 0 Å². The number of carbonyl (C=O) groups excluding carboxylic acids is 1. The number of nitrogens with zero attached hydrogens (tertiary/aromatic N) is 3. The molecule has 5 nitrogen and oxygen atoms in total. The summed E-state index contributed by atoms with van der Waals surface area (Å²) in [5, 5.41) is 1.31. The van der Waals surface area contributed by atoms with E-state index >= 15 is 0 Å². The molecule has 0 atom stereocenters. The number of amides is 1. The quantitative estimate of drug-likeness (QED) is 0.461. The largest absolute Gasteiger partial charge is 0.379 e. The molecule has 1 aliphatic heterocycles. The van der Waals surface area contributed by atoms with Crippen molar-refractivity contribution in [2.75, 3.05) is 50.5 Å². The van der Waals surface area contributed by atoms with Gasteiger partial charge in [-0.1, -0.05) is 35.1 Å². The Hall–Kier alpha value is -1.64. The van der Waals surface area contributed by atoms with Crippen LogP contribution < -0.4 is 4.90 Å². The van der Waals surface area contributed by atoms with Crippen LogP contribution in [0, 0.1) is 0 Å². The number of para-hydroxylation sites is 1. The van der Waals surface area contributed by atoms with Crippen LogP contribution in [0.3, 0.4) is 0 Å². The third-order valence-corrected chi connectivity index (χ3v) is 7.18. The number of aromatic nitrogens is 1. The van der Waals surface area contributed by atoms with Crippen LogP contribution in [-0.2, 0) is 4.74 Å². The zero-order chi connectivity index (χ0) is 20.9. The molecule has 1 amide bonds. The molecule has 0 saturated carbocycles. The maximum absolute atomic E-state index is 13.5. The first-order chi connectivity index (χ1) is 14.7. The number of morpholine rings is 1. The molecule has 0 N–H and O–H groups in total. The number of ether oxygens (including phenoxy) is 1. The second kappa shape index (κ2) is 10.1. The fraction of sp³-hybridized carbons (Fsp3) is 0.364. The lowest BCUT2D eigenvalue weighted by Gasteiger charge is -2.27. The molecule has 1 aliphatic rings. The van der Waals surface area contributed by atoms with Gasteiger partial charge in [0, 0.05) is 36.6 Å². The molecule has 30 heavy (non-hydrogen) atoms. The molecule has 0 bridgehead atoms. The minimum atomic E-state index is -0.0249. The van der Waals surface area contributed by atoms with Gasteiger partial charge in [-0.3, -0.25) is 14.6 Å². The molecule has 0 spiro atoms. The fourth-order valence-corrected chi connectivity index (χ4v) is 5.24. The van der Waals surface area contributed by atoms with E-state index in [0.717, 1.165) is 54.4 Å². The van der Waals surface area contributed by atoms with Gasteiger partial charge in [0.2, 0.25) is 0 Å². The summed E-state index contributed by atoms with van der Waals surface area (Å²) in [4.78, 5) is 23.5. The monoisotopic (exact) mass is 461 g/mol. The van der Waals surface area contributed by atoms with Crippen LogP contribution in [0.15, 0.2) is 47.4 Å². The second-order valence-corrected chi connectivity index (χ2v) is 9.38. The molecule has 1 aromatic heterocycles. The summed E-state index contributed by atoms with van der Waals surface area (Å²) in [5.41, 5.74) is 1.43. The van der Waals surface area contributed by atoms with E-state index in [1.807, 2.05) is 48.7 Å². The Balaban J connectivity index is 1.59. The summed E-state index contributed by atoms with van der Waals surface area (Å²) in [7, 11) is 0. The maximum atomic E-state index is 13.5. The van der Waals surface area contributed by atoms with Gasteiger partial charge in [-0.05, 0) is 43.0 Å². The van der Waals surface area contributed by atoms with Crippen molar-refractivity contribution in [3.63, 3.8) is 0 Å². The minimum absolute atomic E-state index is 0.0249. The average Bonchev–Trinajstić information content (AvgIpc) is 3.22. The molecule has 1 saturated heterocycles. The molecule has 3 aromatic rings. The highest BCUT2D eigenvalue weighted by molar-refractivity contribution is 7.98. The first kappa shape index (κ1) is 21.6. The topological polar surface area (TPSA) is 45.7 Å². The molecule has 2 heterocycles. The highest BCUT2D eigenvalue weighted by atomic mass is 35.5. The van der Waals surface area contributed by atoms with Crippen LogP contribution in [0.2, 0.25) is 5.02 Å². The molecule has 0 aliphatic carbocycles. The summed E-state index contributed by atoms with van der Waals surface area (Å²) >= 11 is 9.48. The molecular formula is C22H24ClN3O2S2. The zero-order valence-corrected chi connectivity index (χ0v) is 19.2. The number of benzene rings is 2. The summed E-state index contributed by atoms with van der Waals surface area (Å²) in [5.74, 6) is -0.0249. The summed E-state index contributed by atoms with van der Waals surface area (Å²) in [6.07, 6.45) is 2.89. The Labute approximate surface area is 190 Å². The molecule has 1 fully saturated rings. The van der Waals surface area contributed by atoms with Crippen molar-refractivity contribution in [1.82, 2.24) is 9.88 Å². The van der Waals surface area contributed by atoms with E-state index in [0.29, 0.717) is 22.3 Å². The predicted molar refractivity (Wildman–Crippen MR) is 126 cm³/mol. The number of hydrogen-bond donors (Lipinski definition) is 0. The lowest BCUT2D eigenvalue weighted by atomic mass is 10.2. The van der Waals surface area contributed by atoms with E-state index in [4.69, 9.17) is 21.3 Å². The van der Waals surface area contributed by atoms with Crippen LogP contribution in [0.5, 0.6) is 0 Å². The van der Waals surface area contributed by atoms with Gasteiger partial charge in [-0.25, -0.2) is 4.98 Å². The van der Waals surface area contributed by atoms with Crippen molar-refractivity contribution in [2.24, 2.45) is 0 Å². The van der Waals surface area contributed by atoms with Crippen molar-refractivity contribution in [3.05, 3.63) is 53.1 Å². The minimum Gasteiger partial charge on any atom is -0.379 e. The number of carbonyl (C=O) groups is 1. The first-order valence-corrected chi connectivity index (χ1v) is 12.4. The van der Waals surface area contributed by atoms with Crippen molar-refractivity contribution in [2.45, 2.75) is 11.3 Å². The molecule has 2 aromatic carbocycles. The third kappa shape index (κ3) is 4.98. The molecule has 158 valence electrons. The highest BCUT2D eigenvalue weighted by Gasteiger charge is 2.22. The normalized spacial score (nSPS) is 14.9. The number of hydrogen-bond acceptors (Lipinski definition) is 6. The van der Waals surface area contributed by atoms with Crippen molar-refractivity contribution in [1.29, 1.82) is 0 Å². The average molecular weight is 462 g/mol. The lowest BCUT2D eigenvalue weighted by Crippen LogP contribution is -2.39. The number of fused-ring (bicyclic) bond motifs is 1. The summed E-state index contributed by atoms with van der Waals surface area (Å²) in [6.45, 7) is 4.99. The number of thiazole rings is 1. The molecule has 8 heteroatoms. The van der Waals surface area contributed by atoms with Crippen LogP contribution >= 0.6 is 34.7 Å². The molecule has 0 radical (unpaired) electrons. The summed E-state index contributed by atoms with van der Waals surface area (Å²) < 4.78 is 6.42. The van der Waals surface area contributed by atoms with Crippen LogP contribution in [0.1, 0.15) is 16.8 Å².